The van der Waals surface area contributed by atoms with Gasteiger partial charge in [0.1, 0.15) is 5.76 Å². The van der Waals surface area contributed by atoms with Crippen molar-refractivity contribution < 1.29 is 4.42 Å². The minimum absolute atomic E-state index is 0.171. The maximum absolute atomic E-state index is 5.40. The second kappa shape index (κ2) is 4.10. The van der Waals surface area contributed by atoms with Crippen molar-refractivity contribution >= 4 is 15.9 Å². The van der Waals surface area contributed by atoms with Crippen LogP contribution in [-0.2, 0) is 5.41 Å². The molecule has 0 saturated carbocycles. The molecule has 0 saturated heterocycles. The van der Waals surface area contributed by atoms with Gasteiger partial charge in [0.2, 0.25) is 0 Å². The van der Waals surface area contributed by atoms with Crippen LogP contribution in [0.15, 0.2) is 45.5 Å². The Hall–Kier alpha value is -1.02. The van der Waals surface area contributed by atoms with Crippen molar-refractivity contribution in [2.75, 3.05) is 0 Å². The fourth-order valence-electron chi connectivity index (χ4n) is 1.61. The van der Waals surface area contributed by atoms with E-state index in [0.717, 1.165) is 15.8 Å². The van der Waals surface area contributed by atoms with Crippen LogP contribution < -0.4 is 0 Å². The molecule has 0 fully saturated rings. The first kappa shape index (κ1) is 11.5. The number of hydrogen-bond acceptors (Lipinski definition) is 1. The van der Waals surface area contributed by atoms with Crippen LogP contribution in [0.2, 0.25) is 0 Å². The first-order valence-corrected chi connectivity index (χ1v) is 6.12. The molecule has 0 aliphatic carbocycles. The summed E-state index contributed by atoms with van der Waals surface area (Å²) >= 11 is 3.60. The molecule has 2 aromatic rings. The Morgan fingerprint density at radius 3 is 2.38 bits per heavy atom. The van der Waals surface area contributed by atoms with E-state index in [-0.39, 0.29) is 5.41 Å². The third-order valence-corrected chi connectivity index (χ3v) is 3.28. The van der Waals surface area contributed by atoms with Gasteiger partial charge in [0.25, 0.3) is 0 Å². The Labute approximate surface area is 105 Å². The van der Waals surface area contributed by atoms with Gasteiger partial charge in [0, 0.05) is 10.0 Å². The van der Waals surface area contributed by atoms with E-state index in [4.69, 9.17) is 4.42 Å². The zero-order valence-electron chi connectivity index (χ0n) is 9.75. The SMILES string of the molecule is CC(C)(C)c1ccc(-c2ccco2)c(Br)c1. The zero-order valence-corrected chi connectivity index (χ0v) is 11.3. The molecule has 1 aromatic carbocycles. The van der Waals surface area contributed by atoms with Crippen LogP contribution in [0.5, 0.6) is 0 Å². The molecule has 84 valence electrons. The first-order valence-electron chi connectivity index (χ1n) is 5.32. The Bertz CT molecular complexity index is 478. The van der Waals surface area contributed by atoms with Gasteiger partial charge in [-0.3, -0.25) is 0 Å². The molecule has 2 heteroatoms. The number of rotatable bonds is 1. The second-order valence-electron chi connectivity index (χ2n) is 4.92. The lowest BCUT2D eigenvalue weighted by molar-refractivity contribution is 0.579. The monoisotopic (exact) mass is 278 g/mol. The Morgan fingerprint density at radius 2 is 1.88 bits per heavy atom. The summed E-state index contributed by atoms with van der Waals surface area (Å²) in [5.41, 5.74) is 2.58. The molecule has 0 unspecified atom stereocenters. The van der Waals surface area contributed by atoms with Crippen molar-refractivity contribution in [3.05, 3.63) is 46.6 Å². The fourth-order valence-corrected chi connectivity index (χ4v) is 2.19. The van der Waals surface area contributed by atoms with Gasteiger partial charge in [-0.2, -0.15) is 0 Å². The van der Waals surface area contributed by atoms with Crippen LogP contribution in [0.1, 0.15) is 26.3 Å². The minimum atomic E-state index is 0.171. The topological polar surface area (TPSA) is 13.1 Å². The van der Waals surface area contributed by atoms with Crippen LogP contribution in [0.25, 0.3) is 11.3 Å². The van der Waals surface area contributed by atoms with Crippen molar-refractivity contribution in [1.82, 2.24) is 0 Å². The van der Waals surface area contributed by atoms with E-state index in [1.54, 1.807) is 6.26 Å². The number of halogens is 1. The molecule has 0 N–H and O–H groups in total. The zero-order chi connectivity index (χ0) is 11.8. The van der Waals surface area contributed by atoms with Gasteiger partial charge in [0.15, 0.2) is 0 Å². The van der Waals surface area contributed by atoms with E-state index in [9.17, 15) is 0 Å². The van der Waals surface area contributed by atoms with E-state index < -0.39 is 0 Å². The molecule has 0 spiro atoms. The Kier molecular flexibility index (Phi) is 2.94. The van der Waals surface area contributed by atoms with E-state index in [0.29, 0.717) is 0 Å². The van der Waals surface area contributed by atoms with Crippen LogP contribution in [-0.4, -0.2) is 0 Å². The lowest BCUT2D eigenvalue weighted by Gasteiger charge is -2.19. The standard InChI is InChI=1S/C14H15BrO/c1-14(2,3)10-6-7-11(12(15)9-10)13-5-4-8-16-13/h4-9H,1-3H3. The smallest absolute Gasteiger partial charge is 0.134 e. The Balaban J connectivity index is 2.46. The summed E-state index contributed by atoms with van der Waals surface area (Å²) in [6.07, 6.45) is 1.69. The third kappa shape index (κ3) is 2.22. The molecule has 1 nitrogen and oxygen atoms in total. The van der Waals surface area contributed by atoms with E-state index in [1.165, 1.54) is 5.56 Å². The summed E-state index contributed by atoms with van der Waals surface area (Å²) in [7, 11) is 0. The van der Waals surface area contributed by atoms with E-state index in [2.05, 4.69) is 54.9 Å². The van der Waals surface area contributed by atoms with Crippen molar-refractivity contribution in [1.29, 1.82) is 0 Å². The molecule has 0 atom stereocenters. The highest BCUT2D eigenvalue weighted by atomic mass is 79.9. The number of benzene rings is 1. The Morgan fingerprint density at radius 1 is 1.12 bits per heavy atom. The summed E-state index contributed by atoms with van der Waals surface area (Å²) in [4.78, 5) is 0. The highest BCUT2D eigenvalue weighted by molar-refractivity contribution is 9.10. The molecule has 0 radical (unpaired) electrons. The van der Waals surface area contributed by atoms with Gasteiger partial charge in [-0.1, -0.05) is 42.8 Å². The van der Waals surface area contributed by atoms with Gasteiger partial charge >= 0.3 is 0 Å². The molecule has 0 bridgehead atoms. The van der Waals surface area contributed by atoms with Crippen molar-refractivity contribution in [2.45, 2.75) is 26.2 Å². The van der Waals surface area contributed by atoms with E-state index in [1.807, 2.05) is 12.1 Å². The van der Waals surface area contributed by atoms with Crippen LogP contribution in [0.3, 0.4) is 0 Å². The number of hydrogen-bond donors (Lipinski definition) is 0. The molecular weight excluding hydrogens is 264 g/mol. The molecule has 0 aliphatic rings. The molecule has 0 amide bonds. The highest BCUT2D eigenvalue weighted by Gasteiger charge is 2.15. The second-order valence-corrected chi connectivity index (χ2v) is 5.78. The maximum atomic E-state index is 5.40. The first-order chi connectivity index (χ1) is 7.48. The summed E-state index contributed by atoms with van der Waals surface area (Å²) in [5, 5.41) is 0. The van der Waals surface area contributed by atoms with Crippen molar-refractivity contribution in [3.8, 4) is 11.3 Å². The third-order valence-electron chi connectivity index (χ3n) is 2.62. The van der Waals surface area contributed by atoms with Gasteiger partial charge in [-0.25, -0.2) is 0 Å². The lowest BCUT2D eigenvalue weighted by Crippen LogP contribution is -2.10. The molecule has 0 aliphatic heterocycles. The van der Waals surface area contributed by atoms with Gasteiger partial charge in [-0.05, 0) is 35.2 Å². The van der Waals surface area contributed by atoms with E-state index >= 15 is 0 Å². The average molecular weight is 279 g/mol. The van der Waals surface area contributed by atoms with Crippen molar-refractivity contribution in [3.63, 3.8) is 0 Å². The van der Waals surface area contributed by atoms with Crippen LogP contribution >= 0.6 is 15.9 Å². The lowest BCUT2D eigenvalue weighted by atomic mass is 9.86. The number of furan rings is 1. The predicted molar refractivity (Wildman–Crippen MR) is 70.5 cm³/mol. The molecule has 16 heavy (non-hydrogen) atoms. The predicted octanol–water partition coefficient (Wildman–Crippen LogP) is 5.01. The summed E-state index contributed by atoms with van der Waals surface area (Å²) in [6.45, 7) is 6.63. The van der Waals surface area contributed by atoms with Gasteiger partial charge < -0.3 is 4.42 Å². The quantitative estimate of drug-likeness (QED) is 0.715. The molecule has 2 rings (SSSR count). The van der Waals surface area contributed by atoms with Gasteiger partial charge in [0.05, 0.1) is 6.26 Å². The summed E-state index contributed by atoms with van der Waals surface area (Å²) in [5.74, 6) is 0.896. The van der Waals surface area contributed by atoms with Crippen LogP contribution in [0.4, 0.5) is 0 Å². The molecule has 1 heterocycles. The highest BCUT2D eigenvalue weighted by Crippen LogP contribution is 2.33. The molecule has 1 aromatic heterocycles. The van der Waals surface area contributed by atoms with Crippen LogP contribution in [0, 0.1) is 0 Å². The summed E-state index contributed by atoms with van der Waals surface area (Å²) < 4.78 is 6.47. The fraction of sp³-hybridized carbons (Fsp3) is 0.286. The maximum Gasteiger partial charge on any atom is 0.134 e. The largest absolute Gasteiger partial charge is 0.464 e. The van der Waals surface area contributed by atoms with Crippen molar-refractivity contribution in [2.24, 2.45) is 0 Å². The average Bonchev–Trinajstić information content (AvgIpc) is 2.69. The molecular formula is C14H15BrO. The normalized spacial score (nSPS) is 11.8. The van der Waals surface area contributed by atoms with Gasteiger partial charge in [-0.15, -0.1) is 0 Å². The minimum Gasteiger partial charge on any atom is -0.464 e. The summed E-state index contributed by atoms with van der Waals surface area (Å²) in [6, 6.07) is 10.3.